The fraction of sp³-hybridized carbons (Fsp3) is 0.241. The molecule has 6 rings (SSSR count). The minimum absolute atomic E-state index is 0.0889. The summed E-state index contributed by atoms with van der Waals surface area (Å²) in [6, 6.07) is 16.7. The third-order valence-corrected chi connectivity index (χ3v) is 7.07. The lowest BCUT2D eigenvalue weighted by atomic mass is 9.90. The molecular weight excluding hydrogens is 505 g/mol. The number of H-pyrrole nitrogens is 1. The first-order valence-corrected chi connectivity index (χ1v) is 12.8. The number of carbonyl (C=O) groups is 1. The van der Waals surface area contributed by atoms with Crippen LogP contribution in [0, 0.1) is 0 Å². The molecule has 0 radical (unpaired) electrons. The SMILES string of the molecule is O=C(N[C@@H]1CCC[C@H](Nc2cc(C(F)(F)F)nc3ccccc23)C1)c1ccc2nc(-c3ccncc3)[nH]c2c1. The average Bonchev–Trinajstić information content (AvgIpc) is 3.37. The average molecular weight is 531 g/mol. The minimum Gasteiger partial charge on any atom is -0.382 e. The van der Waals surface area contributed by atoms with Crippen molar-refractivity contribution in [3.63, 3.8) is 0 Å². The first-order chi connectivity index (χ1) is 18.8. The van der Waals surface area contributed by atoms with Crippen molar-refractivity contribution in [1.82, 2.24) is 25.3 Å². The molecule has 0 unspecified atom stereocenters. The molecule has 3 heterocycles. The summed E-state index contributed by atoms with van der Waals surface area (Å²) in [5.74, 6) is 0.500. The van der Waals surface area contributed by atoms with Gasteiger partial charge in [0.2, 0.25) is 0 Å². The first-order valence-electron chi connectivity index (χ1n) is 12.8. The number of fused-ring (bicyclic) bond motifs is 2. The van der Waals surface area contributed by atoms with Gasteiger partial charge in [-0.2, -0.15) is 13.2 Å². The second-order valence-electron chi connectivity index (χ2n) is 9.80. The number of nitrogens with zero attached hydrogens (tertiary/aromatic N) is 3. The predicted octanol–water partition coefficient (Wildman–Crippen LogP) is 6.35. The molecule has 2 aromatic carbocycles. The van der Waals surface area contributed by atoms with Crippen LogP contribution in [0.3, 0.4) is 0 Å². The summed E-state index contributed by atoms with van der Waals surface area (Å²) >= 11 is 0. The van der Waals surface area contributed by atoms with Crippen LogP contribution in [-0.2, 0) is 6.18 Å². The summed E-state index contributed by atoms with van der Waals surface area (Å²) < 4.78 is 40.4. The molecule has 0 bridgehead atoms. The van der Waals surface area contributed by atoms with Gasteiger partial charge in [0.05, 0.1) is 16.6 Å². The molecule has 1 amide bonds. The van der Waals surface area contributed by atoms with Gasteiger partial charge in [-0.05, 0) is 68.1 Å². The fourth-order valence-corrected chi connectivity index (χ4v) is 5.18. The highest BCUT2D eigenvalue weighted by Gasteiger charge is 2.34. The molecule has 2 atom stereocenters. The Bertz CT molecular complexity index is 1650. The van der Waals surface area contributed by atoms with E-state index in [4.69, 9.17) is 0 Å². The smallest absolute Gasteiger partial charge is 0.382 e. The molecule has 0 spiro atoms. The van der Waals surface area contributed by atoms with E-state index in [1.807, 2.05) is 18.2 Å². The zero-order valence-electron chi connectivity index (χ0n) is 20.8. The molecule has 1 fully saturated rings. The Morgan fingerprint density at radius 2 is 1.72 bits per heavy atom. The zero-order valence-corrected chi connectivity index (χ0v) is 20.8. The van der Waals surface area contributed by atoms with Crippen LogP contribution in [0.5, 0.6) is 0 Å². The van der Waals surface area contributed by atoms with Gasteiger partial charge < -0.3 is 15.6 Å². The standard InChI is InChI=1S/C29H25F3N6O/c30-29(31,32)26-16-24(21-6-1-2-7-22(21)36-26)34-19-4-3-5-20(15-19)35-28(39)18-8-9-23-25(14-18)38-27(37-23)17-10-12-33-13-11-17/h1-2,6-14,16,19-20H,3-5,15H2,(H,34,36)(H,35,39)(H,37,38)/t19-,20+/m0/s1. The van der Waals surface area contributed by atoms with Crippen LogP contribution < -0.4 is 10.6 Å². The highest BCUT2D eigenvalue weighted by molar-refractivity contribution is 5.98. The molecule has 1 saturated carbocycles. The van der Waals surface area contributed by atoms with Crippen LogP contribution in [-0.4, -0.2) is 37.9 Å². The normalized spacial score (nSPS) is 17.8. The van der Waals surface area contributed by atoms with E-state index in [0.717, 1.165) is 41.9 Å². The molecule has 1 aliphatic rings. The number of carbonyl (C=O) groups excluding carboxylic acids is 1. The van der Waals surface area contributed by atoms with Crippen molar-refractivity contribution in [3.8, 4) is 11.4 Å². The lowest BCUT2D eigenvalue weighted by Gasteiger charge is -2.31. The van der Waals surface area contributed by atoms with Gasteiger partial charge in [0.25, 0.3) is 5.91 Å². The van der Waals surface area contributed by atoms with Crippen LogP contribution >= 0.6 is 0 Å². The molecule has 198 valence electrons. The van der Waals surface area contributed by atoms with Gasteiger partial charge >= 0.3 is 6.18 Å². The van der Waals surface area contributed by atoms with Gasteiger partial charge in [0.1, 0.15) is 11.5 Å². The lowest BCUT2D eigenvalue weighted by Crippen LogP contribution is -2.41. The highest BCUT2D eigenvalue weighted by Crippen LogP contribution is 2.34. The van der Waals surface area contributed by atoms with Crippen LogP contribution in [0.4, 0.5) is 18.9 Å². The molecule has 39 heavy (non-hydrogen) atoms. The Kier molecular flexibility index (Phi) is 6.38. The molecule has 3 N–H and O–H groups in total. The number of pyridine rings is 2. The Labute approximate surface area is 221 Å². The summed E-state index contributed by atoms with van der Waals surface area (Å²) in [4.78, 5) is 28.8. The van der Waals surface area contributed by atoms with Gasteiger partial charge in [-0.1, -0.05) is 18.2 Å². The number of hydrogen-bond donors (Lipinski definition) is 3. The van der Waals surface area contributed by atoms with Crippen molar-refractivity contribution in [3.05, 3.63) is 84.3 Å². The van der Waals surface area contributed by atoms with E-state index in [1.54, 1.807) is 48.8 Å². The molecule has 1 aliphatic carbocycles. The van der Waals surface area contributed by atoms with Crippen molar-refractivity contribution in [2.45, 2.75) is 43.9 Å². The first kappa shape index (κ1) is 24.8. The highest BCUT2D eigenvalue weighted by atomic mass is 19.4. The van der Waals surface area contributed by atoms with Crippen LogP contribution in [0.25, 0.3) is 33.3 Å². The molecular formula is C29H25F3N6O. The quantitative estimate of drug-likeness (QED) is 0.246. The van der Waals surface area contributed by atoms with E-state index in [1.165, 1.54) is 0 Å². The van der Waals surface area contributed by atoms with Crippen molar-refractivity contribution in [1.29, 1.82) is 0 Å². The predicted molar refractivity (Wildman–Crippen MR) is 143 cm³/mol. The second-order valence-corrected chi connectivity index (χ2v) is 9.80. The maximum Gasteiger partial charge on any atom is 0.433 e. The van der Waals surface area contributed by atoms with Crippen molar-refractivity contribution >= 4 is 33.5 Å². The Morgan fingerprint density at radius 1 is 0.923 bits per heavy atom. The van der Waals surface area contributed by atoms with Crippen molar-refractivity contribution in [2.75, 3.05) is 5.32 Å². The van der Waals surface area contributed by atoms with E-state index in [-0.39, 0.29) is 23.5 Å². The van der Waals surface area contributed by atoms with Crippen LogP contribution in [0.1, 0.15) is 41.7 Å². The minimum atomic E-state index is -4.54. The Morgan fingerprint density at radius 3 is 2.54 bits per heavy atom. The monoisotopic (exact) mass is 530 g/mol. The Balaban J connectivity index is 1.17. The maximum atomic E-state index is 13.5. The third-order valence-electron chi connectivity index (χ3n) is 7.07. The topological polar surface area (TPSA) is 95.6 Å². The van der Waals surface area contributed by atoms with Gasteiger partial charge in [-0.25, -0.2) is 9.97 Å². The lowest BCUT2D eigenvalue weighted by molar-refractivity contribution is -0.140. The van der Waals surface area contributed by atoms with E-state index in [2.05, 4.69) is 30.6 Å². The zero-order chi connectivity index (χ0) is 27.0. The number of amides is 1. The number of rotatable bonds is 5. The summed E-state index contributed by atoms with van der Waals surface area (Å²) in [5, 5.41) is 7.06. The van der Waals surface area contributed by atoms with Crippen LogP contribution in [0.2, 0.25) is 0 Å². The summed E-state index contributed by atoms with van der Waals surface area (Å²) in [6.45, 7) is 0. The Hall–Kier alpha value is -4.47. The van der Waals surface area contributed by atoms with E-state index in [0.29, 0.717) is 28.9 Å². The molecule has 3 aromatic heterocycles. The summed E-state index contributed by atoms with van der Waals surface area (Å²) in [5.41, 5.74) is 2.68. The number of aromatic amines is 1. The van der Waals surface area contributed by atoms with E-state index in [9.17, 15) is 18.0 Å². The van der Waals surface area contributed by atoms with Crippen molar-refractivity contribution in [2.24, 2.45) is 0 Å². The molecule has 0 saturated heterocycles. The second kappa shape index (κ2) is 10.0. The van der Waals surface area contributed by atoms with Gasteiger partial charge in [0, 0.05) is 46.7 Å². The number of anilines is 1. The number of alkyl halides is 3. The van der Waals surface area contributed by atoms with Gasteiger partial charge in [-0.3, -0.25) is 9.78 Å². The van der Waals surface area contributed by atoms with Gasteiger partial charge in [-0.15, -0.1) is 0 Å². The van der Waals surface area contributed by atoms with Gasteiger partial charge in [0.15, 0.2) is 0 Å². The number of nitrogens with one attached hydrogen (secondary N) is 3. The van der Waals surface area contributed by atoms with E-state index >= 15 is 0 Å². The third kappa shape index (κ3) is 5.27. The maximum absolute atomic E-state index is 13.5. The molecule has 5 aromatic rings. The summed E-state index contributed by atoms with van der Waals surface area (Å²) in [7, 11) is 0. The number of para-hydroxylation sites is 1. The molecule has 10 heteroatoms. The molecule has 0 aliphatic heterocycles. The largest absolute Gasteiger partial charge is 0.433 e. The number of halogens is 3. The van der Waals surface area contributed by atoms with E-state index < -0.39 is 11.9 Å². The number of hydrogen-bond acceptors (Lipinski definition) is 5. The number of aromatic nitrogens is 4. The number of imidazole rings is 1. The summed E-state index contributed by atoms with van der Waals surface area (Å²) in [6.07, 6.45) is 1.88. The molecule has 7 nitrogen and oxygen atoms in total. The fourth-order valence-electron chi connectivity index (χ4n) is 5.18. The van der Waals surface area contributed by atoms with Crippen LogP contribution in [0.15, 0.2) is 73.1 Å². The number of benzene rings is 2. The van der Waals surface area contributed by atoms with Crippen molar-refractivity contribution < 1.29 is 18.0 Å².